The van der Waals surface area contributed by atoms with E-state index in [2.05, 4.69) is 102 Å². The number of aromatic nitrogens is 1. The lowest BCUT2D eigenvalue weighted by Gasteiger charge is -2.23. The molecule has 3 aromatic carbocycles. The van der Waals surface area contributed by atoms with Gasteiger partial charge in [-0.2, -0.15) is 0 Å². The first kappa shape index (κ1) is 20.0. The van der Waals surface area contributed by atoms with E-state index in [1.54, 1.807) is 0 Å². The lowest BCUT2D eigenvalue weighted by Crippen LogP contribution is -2.11. The molecule has 5 rings (SSSR count). The van der Waals surface area contributed by atoms with Crippen LogP contribution >= 0.6 is 0 Å². The van der Waals surface area contributed by atoms with E-state index in [1.807, 2.05) is 6.20 Å². The van der Waals surface area contributed by atoms with Crippen molar-refractivity contribution in [1.29, 1.82) is 0 Å². The molecule has 1 heterocycles. The summed E-state index contributed by atoms with van der Waals surface area (Å²) in [6.07, 6.45) is 3.02. The predicted octanol–water partition coefficient (Wildman–Crippen LogP) is 8.44. The Kier molecular flexibility index (Phi) is 4.38. The van der Waals surface area contributed by atoms with Gasteiger partial charge < -0.3 is 0 Å². The monoisotopic (exact) mass is 405 g/mol. The van der Waals surface area contributed by atoms with E-state index in [1.165, 1.54) is 49.7 Å². The molecule has 0 spiro atoms. The van der Waals surface area contributed by atoms with E-state index >= 15 is 0 Å². The van der Waals surface area contributed by atoms with Gasteiger partial charge in [-0.25, -0.2) is 0 Å². The van der Waals surface area contributed by atoms with E-state index in [4.69, 9.17) is 4.98 Å². The molecule has 0 radical (unpaired) electrons. The second-order valence-corrected chi connectivity index (χ2v) is 11.2. The smallest absolute Gasteiger partial charge is 0.0792 e. The van der Waals surface area contributed by atoms with Crippen molar-refractivity contribution in [3.05, 3.63) is 78.0 Å². The normalized spacial score (nSPS) is 13.0. The van der Waals surface area contributed by atoms with Crippen molar-refractivity contribution in [2.24, 2.45) is 5.41 Å². The zero-order valence-electron chi connectivity index (χ0n) is 19.5. The molecule has 0 N–H and O–H groups in total. The number of benzene rings is 3. The van der Waals surface area contributed by atoms with E-state index in [-0.39, 0.29) is 10.8 Å². The summed E-state index contributed by atoms with van der Waals surface area (Å²) in [6.45, 7) is 13.8. The Morgan fingerprint density at radius 1 is 0.677 bits per heavy atom. The molecule has 1 aliphatic carbocycles. The Morgan fingerprint density at radius 2 is 1.39 bits per heavy atom. The molecule has 0 amide bonds. The van der Waals surface area contributed by atoms with Gasteiger partial charge in [-0.3, -0.25) is 4.98 Å². The zero-order chi connectivity index (χ0) is 22.0. The Balaban J connectivity index is 1.90. The fourth-order valence-electron chi connectivity index (χ4n) is 4.86. The molecule has 0 atom stereocenters. The van der Waals surface area contributed by atoms with Gasteiger partial charge in [0.25, 0.3) is 0 Å². The minimum atomic E-state index is 0.0830. The third-order valence-electron chi connectivity index (χ3n) is 6.31. The fraction of sp³-hybridized carbons (Fsp3) is 0.300. The molecule has 0 saturated heterocycles. The van der Waals surface area contributed by atoms with Gasteiger partial charge in [0.15, 0.2) is 0 Å². The van der Waals surface area contributed by atoms with Crippen molar-refractivity contribution in [2.45, 2.75) is 53.4 Å². The van der Waals surface area contributed by atoms with Gasteiger partial charge in [0, 0.05) is 17.1 Å². The van der Waals surface area contributed by atoms with E-state index in [9.17, 15) is 0 Å². The number of rotatable bonds is 1. The maximum atomic E-state index is 4.90. The number of nitrogens with zero attached hydrogens (tertiary/aromatic N) is 1. The van der Waals surface area contributed by atoms with Crippen LogP contribution in [0.4, 0.5) is 0 Å². The maximum Gasteiger partial charge on any atom is 0.0792 e. The average Bonchev–Trinajstić information content (AvgIpc) is 2.81. The van der Waals surface area contributed by atoms with Crippen LogP contribution in [-0.2, 0) is 11.8 Å². The molecule has 31 heavy (non-hydrogen) atoms. The molecule has 0 aliphatic heterocycles. The van der Waals surface area contributed by atoms with Crippen LogP contribution in [0.15, 0.2) is 66.9 Å². The highest BCUT2D eigenvalue weighted by molar-refractivity contribution is 6.12. The summed E-state index contributed by atoms with van der Waals surface area (Å²) in [5, 5.41) is 2.54. The standard InChI is InChI=1S/C30H31N/c1-29(2,3)18-19-11-12-23-25(15-19)22-9-7-8-10-24(22)28-27-20(13-14-31-28)16-21(17-26(23)27)30(4,5)6/h7-17H,18H2,1-6H3. The molecular formula is C30H31N. The molecular weight excluding hydrogens is 374 g/mol. The second kappa shape index (κ2) is 6.79. The molecule has 0 unspecified atom stereocenters. The van der Waals surface area contributed by atoms with Crippen LogP contribution in [0.5, 0.6) is 0 Å². The first-order valence-electron chi connectivity index (χ1n) is 11.3. The number of pyridine rings is 1. The molecule has 0 bridgehead atoms. The van der Waals surface area contributed by atoms with Gasteiger partial charge in [0.05, 0.1) is 5.69 Å². The van der Waals surface area contributed by atoms with Gasteiger partial charge in [0.1, 0.15) is 0 Å². The summed E-state index contributed by atoms with van der Waals surface area (Å²) < 4.78 is 0. The largest absolute Gasteiger partial charge is 0.256 e. The lowest BCUT2D eigenvalue weighted by molar-refractivity contribution is 0.411. The number of hydrogen-bond donors (Lipinski definition) is 0. The quantitative estimate of drug-likeness (QED) is 0.273. The van der Waals surface area contributed by atoms with Crippen molar-refractivity contribution in [3.63, 3.8) is 0 Å². The third-order valence-corrected chi connectivity index (χ3v) is 6.31. The number of hydrogen-bond acceptors (Lipinski definition) is 1. The zero-order valence-corrected chi connectivity index (χ0v) is 19.5. The minimum absolute atomic E-state index is 0.0830. The van der Waals surface area contributed by atoms with Crippen molar-refractivity contribution in [3.8, 4) is 33.5 Å². The maximum absolute atomic E-state index is 4.90. The van der Waals surface area contributed by atoms with Crippen LogP contribution in [-0.4, -0.2) is 4.98 Å². The summed E-state index contributed by atoms with van der Waals surface area (Å²) >= 11 is 0. The van der Waals surface area contributed by atoms with E-state index in [0.717, 1.165) is 12.1 Å². The minimum Gasteiger partial charge on any atom is -0.256 e. The fourth-order valence-corrected chi connectivity index (χ4v) is 4.86. The van der Waals surface area contributed by atoms with Gasteiger partial charge >= 0.3 is 0 Å². The summed E-state index contributed by atoms with van der Waals surface area (Å²) in [7, 11) is 0. The first-order chi connectivity index (χ1) is 14.6. The van der Waals surface area contributed by atoms with Crippen LogP contribution in [0.1, 0.15) is 52.7 Å². The van der Waals surface area contributed by atoms with Crippen molar-refractivity contribution >= 4 is 10.8 Å². The van der Waals surface area contributed by atoms with Gasteiger partial charge in [-0.15, -0.1) is 0 Å². The van der Waals surface area contributed by atoms with Crippen molar-refractivity contribution in [1.82, 2.24) is 4.98 Å². The molecule has 1 aromatic heterocycles. The van der Waals surface area contributed by atoms with E-state index in [0.29, 0.717) is 0 Å². The summed E-state index contributed by atoms with van der Waals surface area (Å²) in [6, 6.07) is 22.8. The first-order valence-corrected chi connectivity index (χ1v) is 11.3. The Morgan fingerprint density at radius 3 is 2.10 bits per heavy atom. The summed E-state index contributed by atoms with van der Waals surface area (Å²) in [4.78, 5) is 4.90. The Hall–Kier alpha value is -2.93. The highest BCUT2D eigenvalue weighted by atomic mass is 14.7. The van der Waals surface area contributed by atoms with Crippen molar-refractivity contribution < 1.29 is 0 Å². The predicted molar refractivity (Wildman–Crippen MR) is 133 cm³/mol. The molecule has 156 valence electrons. The summed E-state index contributed by atoms with van der Waals surface area (Å²) in [5.41, 5.74) is 10.6. The van der Waals surface area contributed by atoms with Crippen LogP contribution in [0.25, 0.3) is 44.3 Å². The summed E-state index contributed by atoms with van der Waals surface area (Å²) in [5.74, 6) is 0. The molecule has 0 fully saturated rings. The van der Waals surface area contributed by atoms with E-state index < -0.39 is 0 Å². The Labute approximate surface area is 186 Å². The topological polar surface area (TPSA) is 12.9 Å². The van der Waals surface area contributed by atoms with Crippen LogP contribution < -0.4 is 0 Å². The van der Waals surface area contributed by atoms with Gasteiger partial charge in [-0.1, -0.05) is 90.1 Å². The molecule has 0 saturated carbocycles. The van der Waals surface area contributed by atoms with Crippen molar-refractivity contribution in [2.75, 3.05) is 0 Å². The third kappa shape index (κ3) is 3.47. The molecule has 4 aromatic rings. The molecule has 1 aliphatic rings. The highest BCUT2D eigenvalue weighted by Gasteiger charge is 2.25. The number of fused-ring (bicyclic) bond motifs is 5. The second-order valence-electron chi connectivity index (χ2n) is 11.2. The van der Waals surface area contributed by atoms with Crippen LogP contribution in [0.2, 0.25) is 0 Å². The average molecular weight is 406 g/mol. The molecule has 1 nitrogen and oxygen atoms in total. The Bertz CT molecular complexity index is 1310. The van der Waals surface area contributed by atoms with Gasteiger partial charge in [-0.05, 0) is 68.2 Å². The SMILES string of the molecule is CC(C)(C)Cc1ccc2c(c1)-c1ccccc1-c1nccc3cc(C(C)(C)C)cc-2c13. The van der Waals surface area contributed by atoms with Crippen LogP contribution in [0.3, 0.4) is 0 Å². The van der Waals surface area contributed by atoms with Gasteiger partial charge in [0.2, 0.25) is 0 Å². The molecule has 1 heteroatoms. The van der Waals surface area contributed by atoms with Crippen LogP contribution in [0, 0.1) is 5.41 Å². The lowest BCUT2D eigenvalue weighted by atomic mass is 9.82. The highest BCUT2D eigenvalue weighted by Crippen LogP contribution is 2.48.